The van der Waals surface area contributed by atoms with Crippen molar-refractivity contribution in [3.05, 3.63) is 29.2 Å². The Kier molecular flexibility index (Phi) is 5.01. The fourth-order valence-electron chi connectivity index (χ4n) is 2.38. The molecule has 0 spiro atoms. The summed E-state index contributed by atoms with van der Waals surface area (Å²) in [5.74, 6) is -0.0316. The highest BCUT2D eigenvalue weighted by Crippen LogP contribution is 2.15. The summed E-state index contributed by atoms with van der Waals surface area (Å²) in [5.41, 5.74) is 7.98. The van der Waals surface area contributed by atoms with Crippen molar-refractivity contribution >= 4 is 11.8 Å². The molecule has 0 saturated heterocycles. The van der Waals surface area contributed by atoms with Crippen molar-refractivity contribution in [2.75, 3.05) is 12.3 Å². The van der Waals surface area contributed by atoms with Crippen molar-refractivity contribution in [2.45, 2.75) is 39.8 Å². The summed E-state index contributed by atoms with van der Waals surface area (Å²) in [4.78, 5) is 11.9. The third-order valence-electron chi connectivity index (χ3n) is 3.49. The lowest BCUT2D eigenvalue weighted by atomic mass is 10.2. The number of nitrogens with zero attached hydrogens (tertiary/aromatic N) is 5. The summed E-state index contributed by atoms with van der Waals surface area (Å²) >= 11 is 0. The Balaban J connectivity index is 1.82. The molecule has 0 unspecified atom stereocenters. The second-order valence-corrected chi connectivity index (χ2v) is 5.42. The van der Waals surface area contributed by atoms with Gasteiger partial charge in [-0.2, -0.15) is 15.5 Å². The number of nitrogens with two attached hydrogens (primary N) is 1. The first-order valence-electron chi connectivity index (χ1n) is 7.32. The summed E-state index contributed by atoms with van der Waals surface area (Å²) in [6, 6.07) is 3.83. The van der Waals surface area contributed by atoms with Crippen LogP contribution in [0.15, 0.2) is 12.3 Å². The van der Waals surface area contributed by atoms with Crippen LogP contribution in [0.3, 0.4) is 0 Å². The number of aromatic nitrogens is 4. The molecule has 122 valence electrons. The molecule has 0 aromatic carbocycles. The summed E-state index contributed by atoms with van der Waals surface area (Å²) in [6.07, 6.45) is 1.63. The van der Waals surface area contributed by atoms with Gasteiger partial charge in [0.05, 0.1) is 30.9 Å². The molecule has 23 heavy (non-hydrogen) atoms. The topological polar surface area (TPSA) is 112 Å². The number of ether oxygens (including phenoxy) is 1. The maximum absolute atomic E-state index is 11.9. The van der Waals surface area contributed by atoms with Crippen LogP contribution in [0.25, 0.3) is 0 Å². The first-order valence-corrected chi connectivity index (χ1v) is 7.32. The SMILES string of the molecule is Cc1cc(C)n([C@@H](C)CC(=O)OCCn2ncc(C#N)c2N)n1. The van der Waals surface area contributed by atoms with Crippen molar-refractivity contribution in [2.24, 2.45) is 0 Å². The fourth-order valence-corrected chi connectivity index (χ4v) is 2.38. The van der Waals surface area contributed by atoms with Crippen LogP contribution in [-0.4, -0.2) is 32.1 Å². The van der Waals surface area contributed by atoms with Gasteiger partial charge < -0.3 is 10.5 Å². The Bertz CT molecular complexity index is 740. The highest BCUT2D eigenvalue weighted by atomic mass is 16.5. The number of aryl methyl sites for hydroxylation is 2. The number of hydrogen-bond acceptors (Lipinski definition) is 6. The number of esters is 1. The minimum Gasteiger partial charge on any atom is -0.464 e. The zero-order valence-corrected chi connectivity index (χ0v) is 13.5. The quantitative estimate of drug-likeness (QED) is 0.805. The lowest BCUT2D eigenvalue weighted by molar-refractivity contribution is -0.144. The molecule has 0 aliphatic heterocycles. The van der Waals surface area contributed by atoms with Gasteiger partial charge in [-0.3, -0.25) is 9.48 Å². The Morgan fingerprint density at radius 1 is 1.52 bits per heavy atom. The Morgan fingerprint density at radius 2 is 2.26 bits per heavy atom. The Hall–Kier alpha value is -2.82. The second kappa shape index (κ2) is 6.96. The number of rotatable bonds is 6. The van der Waals surface area contributed by atoms with E-state index in [2.05, 4.69) is 10.2 Å². The molecule has 0 amide bonds. The monoisotopic (exact) mass is 316 g/mol. The van der Waals surface area contributed by atoms with Crippen LogP contribution in [0.1, 0.15) is 36.3 Å². The van der Waals surface area contributed by atoms with E-state index in [1.807, 2.05) is 37.6 Å². The molecular weight excluding hydrogens is 296 g/mol. The van der Waals surface area contributed by atoms with Crippen LogP contribution >= 0.6 is 0 Å². The van der Waals surface area contributed by atoms with Gasteiger partial charge in [-0.1, -0.05) is 0 Å². The standard InChI is InChI=1S/C15H20N6O2/c1-10-6-11(2)21(19-10)12(3)7-14(22)23-5-4-20-15(17)13(8-16)9-18-20/h6,9,12H,4-5,7,17H2,1-3H3/t12-/m0/s1. The van der Waals surface area contributed by atoms with Gasteiger partial charge in [-0.05, 0) is 26.8 Å². The maximum Gasteiger partial charge on any atom is 0.308 e. The summed E-state index contributed by atoms with van der Waals surface area (Å²) in [7, 11) is 0. The Labute approximate surface area is 134 Å². The molecule has 2 aromatic heterocycles. The van der Waals surface area contributed by atoms with E-state index in [4.69, 9.17) is 15.7 Å². The van der Waals surface area contributed by atoms with Crippen molar-refractivity contribution in [1.82, 2.24) is 19.6 Å². The summed E-state index contributed by atoms with van der Waals surface area (Å²) in [5, 5.41) is 17.1. The highest BCUT2D eigenvalue weighted by molar-refractivity contribution is 5.69. The third kappa shape index (κ3) is 3.88. The van der Waals surface area contributed by atoms with E-state index in [9.17, 15) is 4.79 Å². The van der Waals surface area contributed by atoms with Crippen molar-refractivity contribution in [3.8, 4) is 6.07 Å². The van der Waals surface area contributed by atoms with Gasteiger partial charge in [0.2, 0.25) is 0 Å². The van der Waals surface area contributed by atoms with Crippen LogP contribution < -0.4 is 5.73 Å². The molecule has 0 aliphatic carbocycles. The van der Waals surface area contributed by atoms with Crippen LogP contribution in [0.5, 0.6) is 0 Å². The minimum atomic E-state index is -0.309. The first-order chi connectivity index (χ1) is 10.9. The van der Waals surface area contributed by atoms with Crippen LogP contribution in [-0.2, 0) is 16.1 Å². The molecule has 1 atom stereocenters. The number of nitrogen functional groups attached to an aromatic ring is 1. The number of carbonyl (C=O) groups excluding carboxylic acids is 1. The third-order valence-corrected chi connectivity index (χ3v) is 3.49. The van der Waals surface area contributed by atoms with Gasteiger partial charge in [-0.25, -0.2) is 4.68 Å². The lowest BCUT2D eigenvalue weighted by Gasteiger charge is -2.14. The molecule has 2 rings (SSSR count). The smallest absolute Gasteiger partial charge is 0.308 e. The summed E-state index contributed by atoms with van der Waals surface area (Å²) < 4.78 is 8.46. The van der Waals surface area contributed by atoms with Crippen LogP contribution in [0.4, 0.5) is 5.82 Å². The molecule has 0 fully saturated rings. The van der Waals surface area contributed by atoms with E-state index < -0.39 is 0 Å². The largest absolute Gasteiger partial charge is 0.464 e. The average molecular weight is 316 g/mol. The molecule has 0 saturated carbocycles. The molecule has 2 aromatic rings. The molecule has 0 radical (unpaired) electrons. The van der Waals surface area contributed by atoms with E-state index in [0.717, 1.165) is 11.4 Å². The van der Waals surface area contributed by atoms with Crippen molar-refractivity contribution in [1.29, 1.82) is 5.26 Å². The van der Waals surface area contributed by atoms with Crippen molar-refractivity contribution in [3.63, 3.8) is 0 Å². The number of carbonyl (C=O) groups is 1. The lowest BCUT2D eigenvalue weighted by Crippen LogP contribution is -2.18. The molecule has 2 heterocycles. The van der Waals surface area contributed by atoms with Gasteiger partial charge in [0, 0.05) is 5.69 Å². The van der Waals surface area contributed by atoms with Crippen LogP contribution in [0, 0.1) is 25.2 Å². The van der Waals surface area contributed by atoms with Gasteiger partial charge in [0.1, 0.15) is 24.1 Å². The van der Waals surface area contributed by atoms with Gasteiger partial charge >= 0.3 is 5.97 Å². The molecule has 8 nitrogen and oxygen atoms in total. The number of nitriles is 1. The van der Waals surface area contributed by atoms with Gasteiger partial charge in [0.25, 0.3) is 0 Å². The molecule has 8 heteroatoms. The molecular formula is C15H20N6O2. The van der Waals surface area contributed by atoms with E-state index in [0.29, 0.717) is 12.1 Å². The number of anilines is 1. The fraction of sp³-hybridized carbons (Fsp3) is 0.467. The van der Waals surface area contributed by atoms with Gasteiger partial charge in [0.15, 0.2) is 0 Å². The first kappa shape index (κ1) is 16.5. The molecule has 0 bridgehead atoms. The second-order valence-electron chi connectivity index (χ2n) is 5.42. The molecule has 2 N–H and O–H groups in total. The highest BCUT2D eigenvalue weighted by Gasteiger charge is 2.15. The average Bonchev–Trinajstić information content (AvgIpc) is 3.01. The number of hydrogen-bond donors (Lipinski definition) is 1. The Morgan fingerprint density at radius 3 is 2.83 bits per heavy atom. The minimum absolute atomic E-state index is 0.0730. The van der Waals surface area contributed by atoms with Crippen molar-refractivity contribution < 1.29 is 9.53 Å². The predicted molar refractivity (Wildman–Crippen MR) is 83.3 cm³/mol. The van der Waals surface area contributed by atoms with E-state index in [-0.39, 0.29) is 30.9 Å². The zero-order chi connectivity index (χ0) is 17.0. The summed E-state index contributed by atoms with van der Waals surface area (Å²) in [6.45, 7) is 6.26. The van der Waals surface area contributed by atoms with E-state index >= 15 is 0 Å². The van der Waals surface area contributed by atoms with Gasteiger partial charge in [-0.15, -0.1) is 0 Å². The predicted octanol–water partition coefficient (Wildman–Crippen LogP) is 1.34. The normalized spacial score (nSPS) is 11.9. The van der Waals surface area contributed by atoms with Crippen LogP contribution in [0.2, 0.25) is 0 Å². The molecule has 0 aliphatic rings. The maximum atomic E-state index is 11.9. The van der Waals surface area contributed by atoms with E-state index in [1.165, 1.54) is 10.9 Å². The van der Waals surface area contributed by atoms with E-state index in [1.54, 1.807) is 0 Å². The zero-order valence-electron chi connectivity index (χ0n) is 13.5.